The van der Waals surface area contributed by atoms with E-state index in [1.165, 1.54) is 23.0 Å². The number of carboxylic acid groups (broad SMARTS) is 1. The number of hydrogen-bond donors (Lipinski definition) is 1. The number of para-hydroxylation sites is 2. The van der Waals surface area contributed by atoms with Gasteiger partial charge in [-0.1, -0.05) is 66.7 Å². The Balaban J connectivity index is 0.000000231. The maximum absolute atomic E-state index is 10.1. The first kappa shape index (κ1) is 34.9. The van der Waals surface area contributed by atoms with Crippen LogP contribution < -0.4 is 0 Å². The number of aromatic nitrogens is 3. The first-order valence-corrected chi connectivity index (χ1v) is 13.0. The average Bonchev–Trinajstić information content (AvgIpc) is 3.06. The Kier molecular flexibility index (Phi) is 14.0. The van der Waals surface area contributed by atoms with Gasteiger partial charge in [-0.2, -0.15) is 0 Å². The molecule has 7 rings (SSSR count). The second-order valence-corrected chi connectivity index (χ2v) is 8.85. The molecule has 6 heteroatoms. The molecule has 0 bridgehead atoms. The number of fused-ring (bicyclic) bond motifs is 2. The molecule has 0 spiro atoms. The fourth-order valence-electron chi connectivity index (χ4n) is 4.03. The molecule has 0 aliphatic carbocycles. The van der Waals surface area contributed by atoms with E-state index in [1.54, 1.807) is 12.1 Å². The molecule has 1 N–H and O–H groups in total. The van der Waals surface area contributed by atoms with Crippen molar-refractivity contribution in [2.75, 3.05) is 0 Å². The third kappa shape index (κ3) is 9.36. The van der Waals surface area contributed by atoms with Gasteiger partial charge in [0, 0.05) is 41.2 Å². The summed E-state index contributed by atoms with van der Waals surface area (Å²) >= 11 is 0. The Morgan fingerprint density at radius 1 is 0.545 bits per heavy atom. The molecule has 0 saturated carbocycles. The summed E-state index contributed by atoms with van der Waals surface area (Å²) < 4.78 is 0. The Bertz CT molecular complexity index is 1750. The Morgan fingerprint density at radius 3 is 1.39 bits per heavy atom. The maximum Gasteiger partial charge on any atom is 0.354 e. The molecule has 0 aliphatic rings. The van der Waals surface area contributed by atoms with E-state index in [0.29, 0.717) is 0 Å². The molecule has 7 aromatic rings. The fourth-order valence-corrected chi connectivity index (χ4v) is 4.03. The summed E-state index contributed by atoms with van der Waals surface area (Å²) in [5.74, 6) is -0.990. The normalized spacial score (nSPS) is 9.45. The number of aromatic carboxylic acids is 1. The van der Waals surface area contributed by atoms with Crippen LogP contribution in [0, 0.1) is 27.0 Å². The maximum atomic E-state index is 10.1. The van der Waals surface area contributed by atoms with Crippen molar-refractivity contribution in [1.82, 2.24) is 15.0 Å². The number of hydrogen-bond acceptors (Lipinski definition) is 4. The van der Waals surface area contributed by atoms with Crippen molar-refractivity contribution in [1.29, 1.82) is 0 Å². The number of benzene rings is 4. The largest absolute Gasteiger partial charge is 0.477 e. The van der Waals surface area contributed by atoms with Crippen LogP contribution in [0.2, 0.25) is 0 Å². The van der Waals surface area contributed by atoms with Gasteiger partial charge in [0.25, 0.3) is 0 Å². The monoisotopic (exact) mass is 754 g/mol. The van der Waals surface area contributed by atoms with E-state index in [4.69, 9.17) is 5.11 Å². The molecular weight excluding hydrogens is 723 g/mol. The molecule has 3 aromatic heterocycles. The van der Waals surface area contributed by atoms with Gasteiger partial charge < -0.3 is 5.11 Å². The first-order chi connectivity index (χ1) is 20.2. The molecule has 0 saturated heterocycles. The summed E-state index contributed by atoms with van der Waals surface area (Å²) in [6, 6.07) is 51.5. The number of carbonyl (C=O) groups is 1. The Morgan fingerprint density at radius 2 is 1.00 bits per heavy atom. The van der Waals surface area contributed by atoms with Crippen LogP contribution in [0.3, 0.4) is 0 Å². The molecule has 0 atom stereocenters. The molecule has 0 fully saturated rings. The van der Waals surface area contributed by atoms with Gasteiger partial charge in [-0.3, -0.25) is 9.97 Å². The van der Waals surface area contributed by atoms with Gasteiger partial charge >= 0.3 is 5.97 Å². The minimum Gasteiger partial charge on any atom is -0.477 e. The Hall–Kier alpha value is -5.29. The van der Waals surface area contributed by atoms with Crippen molar-refractivity contribution in [3.8, 4) is 22.5 Å². The fraction of sp³-hybridized carbons (Fsp3) is 0. The summed E-state index contributed by atoms with van der Waals surface area (Å²) in [4.78, 5) is 22.9. The van der Waals surface area contributed by atoms with Crippen molar-refractivity contribution < 1.29 is 30.0 Å². The number of rotatable bonds is 3. The molecule has 219 valence electrons. The van der Waals surface area contributed by atoms with Gasteiger partial charge in [0.15, 0.2) is 0 Å². The van der Waals surface area contributed by atoms with Gasteiger partial charge in [0.1, 0.15) is 5.69 Å². The van der Waals surface area contributed by atoms with Crippen LogP contribution in [-0.2, 0) is 20.1 Å². The molecule has 44 heavy (non-hydrogen) atoms. The van der Waals surface area contributed by atoms with E-state index in [1.807, 2.05) is 97.1 Å². The van der Waals surface area contributed by atoms with Crippen LogP contribution >= 0.6 is 0 Å². The van der Waals surface area contributed by atoms with Gasteiger partial charge in [-0.25, -0.2) is 9.78 Å². The van der Waals surface area contributed by atoms with Crippen molar-refractivity contribution in [3.63, 3.8) is 0 Å². The third-order valence-electron chi connectivity index (χ3n) is 6.05. The topological polar surface area (TPSA) is 76.0 Å². The first-order valence-electron chi connectivity index (χ1n) is 13.0. The van der Waals surface area contributed by atoms with E-state index < -0.39 is 5.97 Å². The minimum atomic E-state index is -0.990. The van der Waals surface area contributed by atoms with Gasteiger partial charge in [-0.15, -0.1) is 71.8 Å². The van der Waals surface area contributed by atoms with E-state index in [2.05, 4.69) is 51.4 Å². The number of carboxylic acids is 1. The van der Waals surface area contributed by atoms with Crippen LogP contribution in [0.25, 0.3) is 44.3 Å². The molecular formula is C38H31IrN3O2. The smallest absolute Gasteiger partial charge is 0.354 e. The molecule has 5 nitrogen and oxygen atoms in total. The van der Waals surface area contributed by atoms with E-state index in [0.717, 1.165) is 33.5 Å². The van der Waals surface area contributed by atoms with Crippen molar-refractivity contribution in [2.24, 2.45) is 0 Å². The predicted molar refractivity (Wildman–Crippen MR) is 176 cm³/mol. The zero-order valence-corrected chi connectivity index (χ0v) is 26.8. The number of nitrogens with zero attached hydrogens (tertiary/aromatic N) is 3. The second kappa shape index (κ2) is 17.6. The zero-order valence-electron chi connectivity index (χ0n) is 24.4. The molecule has 0 aliphatic heterocycles. The van der Waals surface area contributed by atoms with E-state index in [9.17, 15) is 4.79 Å². The van der Waals surface area contributed by atoms with Gasteiger partial charge in [0.05, 0.1) is 11.0 Å². The summed E-state index contributed by atoms with van der Waals surface area (Å²) in [7, 11) is 0. The summed E-state index contributed by atoms with van der Waals surface area (Å²) in [6.45, 7) is 0. The third-order valence-corrected chi connectivity index (χ3v) is 6.05. The zero-order chi connectivity index (χ0) is 28.3. The standard InChI is InChI=1S/2C15H10N.C6H5NO2.2CH3.Ir/c2*1-2-6-12(7-3-1)15-11-10-13-8-4-5-9-14(13)16-15;8-6(9)5-3-1-2-4-7-5;;;/h2*1-6,8-11H;1-4H,(H,8,9);2*1H3;/q2*-1;;2*+1;. The average molecular weight is 754 g/mol. The molecule has 0 amide bonds. The Labute approximate surface area is 272 Å². The van der Waals surface area contributed by atoms with Crippen molar-refractivity contribution in [2.45, 2.75) is 0 Å². The molecule has 1 radical (unpaired) electrons. The van der Waals surface area contributed by atoms with Crippen LogP contribution in [0.15, 0.2) is 146 Å². The summed E-state index contributed by atoms with van der Waals surface area (Å²) in [5.41, 5.74) is 6.15. The van der Waals surface area contributed by atoms with Gasteiger partial charge in [0.2, 0.25) is 0 Å². The van der Waals surface area contributed by atoms with Gasteiger partial charge in [-0.05, 0) is 46.4 Å². The van der Waals surface area contributed by atoms with E-state index in [-0.39, 0.29) is 40.7 Å². The second-order valence-electron chi connectivity index (χ2n) is 8.85. The molecule has 3 heterocycles. The van der Waals surface area contributed by atoms with Crippen molar-refractivity contribution >= 4 is 27.8 Å². The SMILES string of the molecule is O=C(O)c1ccccn1.[CH3+].[CH3+].[Ir].[c-]1ccccc1-c1ccc2ccccc2n1.[c-]1ccccc1-c1ccc2ccccc2n1. The predicted octanol–water partition coefficient (Wildman–Crippen LogP) is 9.08. The minimum absolute atomic E-state index is 0. The van der Waals surface area contributed by atoms with Crippen molar-refractivity contribution in [3.05, 3.63) is 178 Å². The van der Waals surface area contributed by atoms with Crippen LogP contribution in [0.1, 0.15) is 10.5 Å². The number of pyridine rings is 3. The van der Waals surface area contributed by atoms with Crippen LogP contribution in [0.5, 0.6) is 0 Å². The quantitative estimate of drug-likeness (QED) is 0.182. The summed E-state index contributed by atoms with van der Waals surface area (Å²) in [6.07, 6.45) is 1.45. The summed E-state index contributed by atoms with van der Waals surface area (Å²) in [5, 5.41) is 10.7. The van der Waals surface area contributed by atoms with Crippen LogP contribution in [-0.4, -0.2) is 26.0 Å². The van der Waals surface area contributed by atoms with Crippen LogP contribution in [0.4, 0.5) is 0 Å². The molecule has 4 aromatic carbocycles. The van der Waals surface area contributed by atoms with E-state index >= 15 is 0 Å². The molecule has 0 unspecified atom stereocenters.